The van der Waals surface area contributed by atoms with Crippen LogP contribution in [-0.2, 0) is 11.3 Å². The Kier molecular flexibility index (Phi) is 4.08. The molecule has 2 aromatic rings. The van der Waals surface area contributed by atoms with Crippen molar-refractivity contribution in [1.29, 1.82) is 0 Å². The molecule has 1 aliphatic rings. The molecule has 5 nitrogen and oxygen atoms in total. The van der Waals surface area contributed by atoms with Crippen LogP contribution in [-0.4, -0.2) is 22.8 Å². The van der Waals surface area contributed by atoms with Crippen LogP contribution in [0.4, 0.5) is 14.5 Å². The summed E-state index contributed by atoms with van der Waals surface area (Å²) >= 11 is 1.78. The molecule has 0 saturated carbocycles. The second kappa shape index (κ2) is 5.93. The number of hydrogen-bond donors (Lipinski definition) is 1. The molecule has 24 heavy (non-hydrogen) atoms. The highest BCUT2D eigenvalue weighted by Gasteiger charge is 2.38. The number of aromatic carboxylic acids is 1. The summed E-state index contributed by atoms with van der Waals surface area (Å²) in [6.07, 6.45) is 0. The summed E-state index contributed by atoms with van der Waals surface area (Å²) in [6.45, 7) is -0.245. The third-order valence-corrected chi connectivity index (χ3v) is 4.39. The van der Waals surface area contributed by atoms with E-state index >= 15 is 0 Å². The zero-order chi connectivity index (χ0) is 17.6. The van der Waals surface area contributed by atoms with Gasteiger partial charge < -0.3 is 10.0 Å². The molecular weight excluding hydrogens is 435 g/mol. The van der Waals surface area contributed by atoms with Crippen molar-refractivity contribution in [1.82, 2.24) is 0 Å². The van der Waals surface area contributed by atoms with Crippen molar-refractivity contribution < 1.29 is 28.3 Å². The first-order valence-electron chi connectivity index (χ1n) is 6.66. The van der Waals surface area contributed by atoms with Crippen LogP contribution in [0.15, 0.2) is 30.3 Å². The highest BCUT2D eigenvalue weighted by atomic mass is 127. The van der Waals surface area contributed by atoms with Crippen LogP contribution in [0.5, 0.6) is 0 Å². The van der Waals surface area contributed by atoms with Crippen LogP contribution in [0, 0.1) is 15.2 Å². The molecule has 8 heteroatoms. The van der Waals surface area contributed by atoms with E-state index in [0.717, 1.165) is 17.0 Å². The molecule has 0 saturated heterocycles. The van der Waals surface area contributed by atoms with E-state index in [1.807, 2.05) is 0 Å². The molecule has 0 radical (unpaired) electrons. The van der Waals surface area contributed by atoms with Gasteiger partial charge in [0.2, 0.25) is 0 Å². The fourth-order valence-electron chi connectivity index (χ4n) is 2.53. The number of carboxylic acids is 1. The number of hydrogen-bond acceptors (Lipinski definition) is 3. The standard InChI is InChI=1S/C16H8F2INO4/c17-9-1-7(2-10(18)5-9)6-20-12-4-8(16(23)24)3-11(19)13(12)14(21)15(20)22/h1-5H,6H2,(H,23,24). The molecule has 0 spiro atoms. The van der Waals surface area contributed by atoms with Gasteiger partial charge in [-0.25, -0.2) is 13.6 Å². The number of Topliss-reactive ketones (excluding diaryl/α,β-unsaturated/α-hetero) is 1. The van der Waals surface area contributed by atoms with Crippen LogP contribution < -0.4 is 4.90 Å². The summed E-state index contributed by atoms with van der Waals surface area (Å²) in [6, 6.07) is 5.28. The van der Waals surface area contributed by atoms with Crippen molar-refractivity contribution in [2.45, 2.75) is 6.54 Å². The quantitative estimate of drug-likeness (QED) is 0.585. The summed E-state index contributed by atoms with van der Waals surface area (Å²) in [5.74, 6) is -4.47. The third-order valence-electron chi connectivity index (χ3n) is 3.54. The third kappa shape index (κ3) is 2.77. The van der Waals surface area contributed by atoms with E-state index in [2.05, 4.69) is 0 Å². The normalized spacial score (nSPS) is 13.4. The number of amides is 1. The predicted octanol–water partition coefficient (Wildman–Crippen LogP) is 3.00. The van der Waals surface area contributed by atoms with Gasteiger partial charge in [-0.05, 0) is 52.4 Å². The van der Waals surface area contributed by atoms with Gasteiger partial charge in [0.25, 0.3) is 11.7 Å². The van der Waals surface area contributed by atoms with E-state index in [9.17, 15) is 23.2 Å². The second-order valence-electron chi connectivity index (χ2n) is 5.16. The highest BCUT2D eigenvalue weighted by molar-refractivity contribution is 14.1. The minimum Gasteiger partial charge on any atom is -0.478 e. The van der Waals surface area contributed by atoms with Gasteiger partial charge in [-0.2, -0.15) is 0 Å². The summed E-state index contributed by atoms with van der Waals surface area (Å²) in [7, 11) is 0. The SMILES string of the molecule is O=C(O)c1cc(I)c2c(c1)N(Cc1cc(F)cc(F)c1)C(=O)C2=O. The highest BCUT2D eigenvalue weighted by Crippen LogP contribution is 2.35. The molecule has 0 fully saturated rings. The molecule has 1 aliphatic heterocycles. The molecule has 3 rings (SSSR count). The van der Waals surface area contributed by atoms with E-state index in [-0.39, 0.29) is 28.9 Å². The smallest absolute Gasteiger partial charge is 0.335 e. The fraction of sp³-hybridized carbons (Fsp3) is 0.0625. The fourth-order valence-corrected chi connectivity index (χ4v) is 3.39. The number of fused-ring (bicyclic) bond motifs is 1. The molecule has 0 atom stereocenters. The van der Waals surface area contributed by atoms with Crippen molar-refractivity contribution in [3.05, 3.63) is 62.2 Å². The molecule has 122 valence electrons. The maximum absolute atomic E-state index is 13.3. The molecule has 2 aromatic carbocycles. The van der Waals surface area contributed by atoms with Crippen LogP contribution in [0.3, 0.4) is 0 Å². The average Bonchev–Trinajstić information content (AvgIpc) is 2.71. The van der Waals surface area contributed by atoms with Gasteiger partial charge in [-0.15, -0.1) is 0 Å². The first-order chi connectivity index (χ1) is 11.3. The number of carboxylic acid groups (broad SMARTS) is 1. The summed E-state index contributed by atoms with van der Waals surface area (Å²) in [5.41, 5.74) is 0.287. The van der Waals surface area contributed by atoms with E-state index in [1.165, 1.54) is 12.1 Å². The van der Waals surface area contributed by atoms with Crippen LogP contribution in [0.2, 0.25) is 0 Å². The number of benzene rings is 2. The number of carbonyl (C=O) groups excluding carboxylic acids is 2. The maximum atomic E-state index is 13.3. The largest absolute Gasteiger partial charge is 0.478 e. The molecule has 1 N–H and O–H groups in total. The molecule has 0 unspecified atom stereocenters. The Labute approximate surface area is 148 Å². The average molecular weight is 443 g/mol. The van der Waals surface area contributed by atoms with E-state index in [1.54, 1.807) is 22.6 Å². The Bertz CT molecular complexity index is 893. The van der Waals surface area contributed by atoms with Gasteiger partial charge in [0.1, 0.15) is 11.6 Å². The molecule has 1 amide bonds. The second-order valence-corrected chi connectivity index (χ2v) is 6.32. The summed E-state index contributed by atoms with van der Waals surface area (Å²) < 4.78 is 27.0. The topological polar surface area (TPSA) is 74.7 Å². The molecule has 0 aromatic heterocycles. The first kappa shape index (κ1) is 16.5. The van der Waals surface area contributed by atoms with Gasteiger partial charge in [-0.3, -0.25) is 9.59 Å². The molecular formula is C16H8F2INO4. The minimum atomic E-state index is -1.21. The van der Waals surface area contributed by atoms with Gasteiger partial charge in [0, 0.05) is 9.64 Å². The lowest BCUT2D eigenvalue weighted by molar-refractivity contribution is -0.114. The molecule has 0 bridgehead atoms. The summed E-state index contributed by atoms with van der Waals surface area (Å²) in [4.78, 5) is 36.6. The number of nitrogens with zero attached hydrogens (tertiary/aromatic N) is 1. The van der Waals surface area contributed by atoms with Crippen molar-refractivity contribution in [3.63, 3.8) is 0 Å². The summed E-state index contributed by atoms with van der Waals surface area (Å²) in [5, 5.41) is 9.13. The van der Waals surface area contributed by atoms with Crippen molar-refractivity contribution in [3.8, 4) is 0 Å². The Morgan fingerprint density at radius 1 is 1.08 bits per heavy atom. The monoisotopic (exact) mass is 443 g/mol. The lowest BCUT2D eigenvalue weighted by Crippen LogP contribution is -2.29. The Morgan fingerprint density at radius 3 is 2.29 bits per heavy atom. The van der Waals surface area contributed by atoms with Crippen LogP contribution in [0.25, 0.3) is 0 Å². The van der Waals surface area contributed by atoms with Crippen molar-refractivity contribution in [2.24, 2.45) is 0 Å². The van der Waals surface area contributed by atoms with Crippen molar-refractivity contribution >= 4 is 45.9 Å². The molecule has 1 heterocycles. The van der Waals surface area contributed by atoms with Crippen LogP contribution in [0.1, 0.15) is 26.3 Å². The zero-order valence-electron chi connectivity index (χ0n) is 11.8. The number of carbonyl (C=O) groups is 3. The van der Waals surface area contributed by atoms with Gasteiger partial charge in [0.05, 0.1) is 23.4 Å². The zero-order valence-corrected chi connectivity index (χ0v) is 14.0. The van der Waals surface area contributed by atoms with Gasteiger partial charge >= 0.3 is 5.97 Å². The Hall–Kier alpha value is -2.36. The van der Waals surface area contributed by atoms with E-state index in [4.69, 9.17) is 5.11 Å². The lowest BCUT2D eigenvalue weighted by atomic mass is 10.1. The van der Waals surface area contributed by atoms with E-state index in [0.29, 0.717) is 9.64 Å². The van der Waals surface area contributed by atoms with Gasteiger partial charge in [-0.1, -0.05) is 0 Å². The first-order valence-corrected chi connectivity index (χ1v) is 7.74. The van der Waals surface area contributed by atoms with Crippen molar-refractivity contribution in [2.75, 3.05) is 4.90 Å². The Balaban J connectivity index is 2.09. The lowest BCUT2D eigenvalue weighted by Gasteiger charge is -2.17. The Morgan fingerprint density at radius 2 is 1.71 bits per heavy atom. The number of halogens is 3. The minimum absolute atomic E-state index is 0.0870. The van der Waals surface area contributed by atoms with E-state index < -0.39 is 29.3 Å². The number of rotatable bonds is 3. The number of ketones is 1. The maximum Gasteiger partial charge on any atom is 0.335 e. The molecule has 0 aliphatic carbocycles. The van der Waals surface area contributed by atoms with Crippen LogP contribution >= 0.6 is 22.6 Å². The van der Waals surface area contributed by atoms with Gasteiger partial charge in [0.15, 0.2) is 0 Å². The predicted molar refractivity (Wildman–Crippen MR) is 88.0 cm³/mol. The number of anilines is 1.